The summed E-state index contributed by atoms with van der Waals surface area (Å²) in [5.41, 5.74) is 0. The van der Waals surface area contributed by atoms with E-state index in [0.29, 0.717) is 6.54 Å². The number of hydrogen-bond donors (Lipinski definition) is 2. The number of nitrogens with zero attached hydrogens (tertiary/aromatic N) is 3. The van der Waals surface area contributed by atoms with Crippen LogP contribution in [-0.2, 0) is 21.4 Å². The Balaban J connectivity index is 1.79. The van der Waals surface area contributed by atoms with Gasteiger partial charge in [0.2, 0.25) is 5.91 Å². The van der Waals surface area contributed by atoms with Crippen molar-refractivity contribution in [2.75, 3.05) is 6.54 Å². The lowest BCUT2D eigenvalue weighted by molar-refractivity contribution is -0.120. The molecule has 114 valence electrons. The van der Waals surface area contributed by atoms with E-state index >= 15 is 0 Å². The van der Waals surface area contributed by atoms with E-state index in [1.54, 1.807) is 29.4 Å². The first-order valence-electron chi connectivity index (χ1n) is 6.12. The predicted molar refractivity (Wildman–Crippen MR) is 77.1 cm³/mol. The van der Waals surface area contributed by atoms with Gasteiger partial charge in [-0.1, -0.05) is 6.07 Å². The summed E-state index contributed by atoms with van der Waals surface area (Å²) in [7, 11) is -3.62. The molecule has 21 heavy (non-hydrogen) atoms. The lowest BCUT2D eigenvalue weighted by atomic mass is 10.3. The standard InChI is InChI=1S/C11H15N5O3S2/c1-9(6-16-8-12-7-13-16)15-10(17)5-14-21(18,19)11-3-2-4-20-11/h2-4,7-9,14H,5-6H2,1H3,(H,15,17). The van der Waals surface area contributed by atoms with Crippen molar-refractivity contribution in [3.8, 4) is 0 Å². The van der Waals surface area contributed by atoms with Gasteiger partial charge in [0.15, 0.2) is 0 Å². The number of nitrogens with one attached hydrogen (secondary N) is 2. The second-order valence-corrected chi connectivity index (χ2v) is 7.28. The third-order valence-electron chi connectivity index (χ3n) is 2.52. The molecule has 2 aromatic rings. The molecule has 0 aliphatic carbocycles. The van der Waals surface area contributed by atoms with Crippen LogP contribution in [0, 0.1) is 0 Å². The number of amides is 1. The van der Waals surface area contributed by atoms with Gasteiger partial charge in [0.1, 0.15) is 16.9 Å². The van der Waals surface area contributed by atoms with E-state index < -0.39 is 15.9 Å². The summed E-state index contributed by atoms with van der Waals surface area (Å²) in [6.07, 6.45) is 2.95. The van der Waals surface area contributed by atoms with E-state index in [-0.39, 0.29) is 16.8 Å². The fourth-order valence-corrected chi connectivity index (χ4v) is 3.65. The maximum absolute atomic E-state index is 11.8. The summed E-state index contributed by atoms with van der Waals surface area (Å²) in [6.45, 7) is 1.96. The van der Waals surface area contributed by atoms with Gasteiger partial charge in [-0.05, 0) is 18.4 Å². The molecule has 0 saturated heterocycles. The number of carbonyl (C=O) groups excluding carboxylic acids is 1. The summed E-state index contributed by atoms with van der Waals surface area (Å²) in [5.74, 6) is -0.400. The molecule has 0 bridgehead atoms. The Morgan fingerprint density at radius 2 is 2.33 bits per heavy atom. The molecule has 2 heterocycles. The predicted octanol–water partition coefficient (Wildman–Crippen LogP) is -0.177. The highest BCUT2D eigenvalue weighted by atomic mass is 32.2. The molecule has 0 aliphatic rings. The first-order chi connectivity index (χ1) is 9.97. The average Bonchev–Trinajstić information content (AvgIpc) is 3.09. The normalized spacial score (nSPS) is 13.0. The van der Waals surface area contributed by atoms with Gasteiger partial charge in [-0.3, -0.25) is 9.48 Å². The molecule has 0 aliphatic heterocycles. The second-order valence-electron chi connectivity index (χ2n) is 4.34. The highest BCUT2D eigenvalue weighted by molar-refractivity contribution is 7.91. The van der Waals surface area contributed by atoms with E-state index in [9.17, 15) is 13.2 Å². The monoisotopic (exact) mass is 329 g/mol. The van der Waals surface area contributed by atoms with Crippen molar-refractivity contribution >= 4 is 27.3 Å². The van der Waals surface area contributed by atoms with Gasteiger partial charge in [0.05, 0.1) is 13.1 Å². The van der Waals surface area contributed by atoms with Crippen LogP contribution in [0.5, 0.6) is 0 Å². The van der Waals surface area contributed by atoms with Gasteiger partial charge >= 0.3 is 0 Å². The largest absolute Gasteiger partial charge is 0.351 e. The fraction of sp³-hybridized carbons (Fsp3) is 0.364. The molecule has 1 atom stereocenters. The molecule has 0 spiro atoms. The first-order valence-corrected chi connectivity index (χ1v) is 8.48. The van der Waals surface area contributed by atoms with Crippen LogP contribution < -0.4 is 10.0 Å². The Hall–Kier alpha value is -1.78. The van der Waals surface area contributed by atoms with Crippen LogP contribution in [0.2, 0.25) is 0 Å². The highest BCUT2D eigenvalue weighted by Gasteiger charge is 2.17. The molecule has 0 saturated carbocycles. The lowest BCUT2D eigenvalue weighted by Gasteiger charge is -2.13. The van der Waals surface area contributed by atoms with Gasteiger partial charge in [-0.15, -0.1) is 11.3 Å². The van der Waals surface area contributed by atoms with E-state index in [1.807, 2.05) is 0 Å². The summed E-state index contributed by atoms with van der Waals surface area (Å²) < 4.78 is 27.7. The summed E-state index contributed by atoms with van der Waals surface area (Å²) >= 11 is 1.10. The maximum atomic E-state index is 11.8. The molecule has 2 aromatic heterocycles. The van der Waals surface area contributed by atoms with Crippen LogP contribution in [0.25, 0.3) is 0 Å². The molecule has 0 aromatic carbocycles. The Kier molecular flexibility index (Phi) is 5.04. The third-order valence-corrected chi connectivity index (χ3v) is 5.32. The third kappa shape index (κ3) is 4.62. The molecule has 8 nitrogen and oxygen atoms in total. The van der Waals surface area contributed by atoms with Crippen molar-refractivity contribution in [3.05, 3.63) is 30.2 Å². The van der Waals surface area contributed by atoms with Crippen molar-refractivity contribution in [1.29, 1.82) is 0 Å². The quantitative estimate of drug-likeness (QED) is 0.733. The van der Waals surface area contributed by atoms with E-state index in [4.69, 9.17) is 0 Å². The molecule has 2 rings (SSSR count). The zero-order valence-electron chi connectivity index (χ0n) is 11.3. The Morgan fingerprint density at radius 1 is 1.52 bits per heavy atom. The number of thiophene rings is 1. The van der Waals surface area contributed by atoms with Crippen molar-refractivity contribution in [2.24, 2.45) is 0 Å². The Labute approximate surface area is 126 Å². The van der Waals surface area contributed by atoms with Crippen LogP contribution in [0.15, 0.2) is 34.4 Å². The summed E-state index contributed by atoms with van der Waals surface area (Å²) in [6, 6.07) is 2.93. The molecule has 1 amide bonds. The average molecular weight is 329 g/mol. The van der Waals surface area contributed by atoms with Gasteiger partial charge in [-0.25, -0.2) is 18.1 Å². The molecular weight excluding hydrogens is 314 g/mol. The van der Waals surface area contributed by atoms with Crippen molar-refractivity contribution in [1.82, 2.24) is 24.8 Å². The van der Waals surface area contributed by atoms with E-state index in [2.05, 4.69) is 20.1 Å². The second kappa shape index (κ2) is 6.78. The van der Waals surface area contributed by atoms with E-state index in [1.165, 1.54) is 12.4 Å². The maximum Gasteiger partial charge on any atom is 0.250 e. The van der Waals surface area contributed by atoms with Crippen molar-refractivity contribution in [2.45, 2.75) is 23.7 Å². The summed E-state index contributed by atoms with van der Waals surface area (Å²) in [4.78, 5) is 15.5. The highest BCUT2D eigenvalue weighted by Crippen LogP contribution is 2.14. The van der Waals surface area contributed by atoms with Crippen LogP contribution >= 0.6 is 11.3 Å². The zero-order chi connectivity index (χ0) is 15.3. The number of aromatic nitrogens is 3. The molecule has 0 fully saturated rings. The topological polar surface area (TPSA) is 106 Å². The molecule has 0 radical (unpaired) electrons. The van der Waals surface area contributed by atoms with Crippen molar-refractivity contribution < 1.29 is 13.2 Å². The fourth-order valence-electron chi connectivity index (χ4n) is 1.63. The number of rotatable bonds is 7. The van der Waals surface area contributed by atoms with Crippen LogP contribution in [0.1, 0.15) is 6.92 Å². The van der Waals surface area contributed by atoms with Gasteiger partial charge < -0.3 is 5.32 Å². The van der Waals surface area contributed by atoms with Gasteiger partial charge in [0.25, 0.3) is 10.0 Å². The smallest absolute Gasteiger partial charge is 0.250 e. The number of sulfonamides is 1. The molecule has 2 N–H and O–H groups in total. The number of hydrogen-bond acceptors (Lipinski definition) is 6. The van der Waals surface area contributed by atoms with E-state index in [0.717, 1.165) is 11.3 Å². The zero-order valence-corrected chi connectivity index (χ0v) is 12.9. The minimum absolute atomic E-state index is 0.186. The molecule has 10 heteroatoms. The minimum atomic E-state index is -3.62. The van der Waals surface area contributed by atoms with Crippen molar-refractivity contribution in [3.63, 3.8) is 0 Å². The Morgan fingerprint density at radius 3 is 2.95 bits per heavy atom. The Bertz CT molecular complexity index is 667. The minimum Gasteiger partial charge on any atom is -0.351 e. The van der Waals surface area contributed by atoms with Crippen LogP contribution in [0.4, 0.5) is 0 Å². The first kappa shape index (κ1) is 15.6. The van der Waals surface area contributed by atoms with Crippen LogP contribution in [-0.4, -0.2) is 41.7 Å². The van der Waals surface area contributed by atoms with Crippen LogP contribution in [0.3, 0.4) is 0 Å². The molecular formula is C11H15N5O3S2. The SMILES string of the molecule is CC(Cn1cncn1)NC(=O)CNS(=O)(=O)c1cccs1. The number of carbonyl (C=O) groups is 1. The lowest BCUT2D eigenvalue weighted by Crippen LogP contribution is -2.42. The van der Waals surface area contributed by atoms with Gasteiger partial charge in [0, 0.05) is 6.04 Å². The summed E-state index contributed by atoms with van der Waals surface area (Å²) in [5, 5.41) is 8.27. The van der Waals surface area contributed by atoms with Gasteiger partial charge in [-0.2, -0.15) is 5.10 Å². The molecule has 1 unspecified atom stereocenters.